The number of benzene rings is 3. The summed E-state index contributed by atoms with van der Waals surface area (Å²) >= 11 is 7.40. The zero-order valence-corrected chi connectivity index (χ0v) is 12.1. The standard InChI is InChI=1S/C14H10.2CHNS/c1-2-6-12-10-14-8-4-3-7-13(14)9-11(12)5-1;2*2-1-3/h1-10H;2*3H/p-2. The van der Waals surface area contributed by atoms with Crippen molar-refractivity contribution in [3.63, 3.8) is 0 Å². The first-order valence-electron chi connectivity index (χ1n) is 5.66. The Morgan fingerprint density at radius 2 is 0.800 bits per heavy atom. The third-order valence-corrected chi connectivity index (χ3v) is 2.61. The Balaban J connectivity index is 0.000000290. The molecule has 0 aliphatic heterocycles. The van der Waals surface area contributed by atoms with Crippen molar-refractivity contribution < 1.29 is 0 Å². The number of fused-ring (bicyclic) bond motifs is 2. The molecule has 0 atom stereocenters. The third kappa shape index (κ3) is 4.37. The predicted molar refractivity (Wildman–Crippen MR) is 87.4 cm³/mol. The average Bonchev–Trinajstić information content (AvgIpc) is 2.47. The lowest BCUT2D eigenvalue weighted by atomic mass is 10.0. The summed E-state index contributed by atoms with van der Waals surface area (Å²) < 4.78 is 0. The van der Waals surface area contributed by atoms with Gasteiger partial charge in [0.15, 0.2) is 0 Å². The molecule has 0 aliphatic rings. The topological polar surface area (TPSA) is 47.6 Å². The van der Waals surface area contributed by atoms with Crippen LogP contribution in [-0.4, -0.2) is 0 Å². The molecule has 0 aromatic heterocycles. The van der Waals surface area contributed by atoms with Gasteiger partial charge in [-0.1, -0.05) is 59.3 Å². The minimum absolute atomic E-state index is 1.31. The summed E-state index contributed by atoms with van der Waals surface area (Å²) in [6.45, 7) is 0. The van der Waals surface area contributed by atoms with Gasteiger partial charge in [0, 0.05) is 0 Å². The zero-order valence-electron chi connectivity index (χ0n) is 10.5. The van der Waals surface area contributed by atoms with E-state index in [1.54, 1.807) is 0 Å². The molecule has 3 aromatic carbocycles. The highest BCUT2D eigenvalue weighted by molar-refractivity contribution is 7.64. The van der Waals surface area contributed by atoms with Gasteiger partial charge in [0.2, 0.25) is 0 Å². The Hall–Kier alpha value is -2.40. The molecule has 20 heavy (non-hydrogen) atoms. The molecular formula is C16H10N2S2-2. The van der Waals surface area contributed by atoms with Crippen LogP contribution in [0.1, 0.15) is 0 Å². The normalized spacial score (nSPS) is 8.30. The van der Waals surface area contributed by atoms with Crippen molar-refractivity contribution >= 4 is 46.8 Å². The van der Waals surface area contributed by atoms with E-state index >= 15 is 0 Å². The highest BCUT2D eigenvalue weighted by Crippen LogP contribution is 2.21. The van der Waals surface area contributed by atoms with Crippen molar-refractivity contribution in [2.45, 2.75) is 0 Å². The van der Waals surface area contributed by atoms with Crippen LogP contribution in [0.25, 0.3) is 21.5 Å². The molecule has 0 amide bonds. The molecule has 3 rings (SSSR count). The van der Waals surface area contributed by atoms with Gasteiger partial charge in [0.25, 0.3) is 0 Å². The minimum Gasteiger partial charge on any atom is -0.696 e. The average molecular weight is 294 g/mol. The van der Waals surface area contributed by atoms with Crippen molar-refractivity contribution in [3.8, 4) is 10.8 Å². The maximum absolute atomic E-state index is 7.13. The van der Waals surface area contributed by atoms with Crippen molar-refractivity contribution in [2.24, 2.45) is 0 Å². The molecule has 3 aromatic rings. The van der Waals surface area contributed by atoms with Crippen LogP contribution >= 0.6 is 0 Å². The fourth-order valence-electron chi connectivity index (χ4n) is 1.88. The summed E-state index contributed by atoms with van der Waals surface area (Å²) in [6.07, 6.45) is 0. The number of thiocyanates is 2. The number of rotatable bonds is 0. The van der Waals surface area contributed by atoms with Crippen LogP contribution in [0.2, 0.25) is 0 Å². The summed E-state index contributed by atoms with van der Waals surface area (Å²) in [5.41, 5.74) is 0. The van der Waals surface area contributed by atoms with Gasteiger partial charge in [-0.3, -0.25) is 0 Å². The molecule has 0 fully saturated rings. The lowest BCUT2D eigenvalue weighted by Crippen LogP contribution is -1.74. The van der Waals surface area contributed by atoms with E-state index in [1.807, 2.05) is 0 Å². The number of hydrogen-bond donors (Lipinski definition) is 0. The molecule has 0 aliphatic carbocycles. The molecule has 0 heterocycles. The van der Waals surface area contributed by atoms with Crippen molar-refractivity contribution in [3.05, 3.63) is 60.7 Å². The summed E-state index contributed by atoms with van der Waals surface area (Å²) in [5, 5.41) is 22.2. The Morgan fingerprint density at radius 1 is 0.600 bits per heavy atom. The van der Waals surface area contributed by atoms with Crippen LogP contribution in [-0.2, 0) is 25.3 Å². The van der Waals surface area contributed by atoms with Gasteiger partial charge < -0.3 is 25.3 Å². The lowest BCUT2D eigenvalue weighted by molar-refractivity contribution is 1.57. The van der Waals surface area contributed by atoms with Crippen molar-refractivity contribution in [2.75, 3.05) is 0 Å². The molecule has 0 N–H and O–H groups in total. The first-order chi connectivity index (χ1) is 9.76. The Morgan fingerprint density at radius 3 is 1.00 bits per heavy atom. The van der Waals surface area contributed by atoms with Crippen LogP contribution in [0.5, 0.6) is 0 Å². The largest absolute Gasteiger partial charge is 0.696 e. The summed E-state index contributed by atoms with van der Waals surface area (Å²) in [6, 6.07) is 21.4. The van der Waals surface area contributed by atoms with E-state index in [2.05, 4.69) is 85.9 Å². The van der Waals surface area contributed by atoms with E-state index < -0.39 is 0 Å². The third-order valence-electron chi connectivity index (χ3n) is 2.61. The molecule has 0 bridgehead atoms. The monoisotopic (exact) mass is 294 g/mol. The van der Waals surface area contributed by atoms with Crippen LogP contribution in [0, 0.1) is 21.3 Å². The second kappa shape index (κ2) is 8.66. The Labute approximate surface area is 129 Å². The van der Waals surface area contributed by atoms with Crippen molar-refractivity contribution in [1.82, 2.24) is 0 Å². The molecule has 0 unspecified atom stereocenters. The highest BCUT2D eigenvalue weighted by Gasteiger charge is 1.95. The maximum Gasteiger partial charge on any atom is -0.0178 e. The Bertz CT molecular complexity index is 653. The smallest absolute Gasteiger partial charge is 0.0178 e. The molecule has 0 spiro atoms. The van der Waals surface area contributed by atoms with E-state index in [0.717, 1.165) is 0 Å². The number of nitrogens with zero attached hydrogens (tertiary/aromatic N) is 2. The minimum atomic E-state index is 1.31. The van der Waals surface area contributed by atoms with Gasteiger partial charge in [0.05, 0.1) is 0 Å². The zero-order chi connectivity index (χ0) is 14.8. The molecule has 0 radical (unpaired) electrons. The Kier molecular flexibility index (Phi) is 6.78. The predicted octanol–water partition coefficient (Wildman–Crippen LogP) is 4.02. The van der Waals surface area contributed by atoms with Gasteiger partial charge in [0.1, 0.15) is 0 Å². The maximum atomic E-state index is 7.13. The molecule has 98 valence electrons. The van der Waals surface area contributed by atoms with E-state index in [0.29, 0.717) is 0 Å². The fourth-order valence-corrected chi connectivity index (χ4v) is 1.88. The van der Waals surface area contributed by atoms with Gasteiger partial charge >= 0.3 is 0 Å². The summed E-state index contributed by atoms with van der Waals surface area (Å²) in [7, 11) is 0. The first-order valence-corrected chi connectivity index (χ1v) is 6.48. The quantitative estimate of drug-likeness (QED) is 0.357. The van der Waals surface area contributed by atoms with Gasteiger partial charge in [-0.15, -0.1) is 0 Å². The number of nitriles is 2. The van der Waals surface area contributed by atoms with Gasteiger partial charge in [-0.25, -0.2) is 10.5 Å². The second-order valence-corrected chi connectivity index (χ2v) is 4.09. The molecular weight excluding hydrogens is 284 g/mol. The summed E-state index contributed by atoms with van der Waals surface area (Å²) in [4.78, 5) is 0. The van der Waals surface area contributed by atoms with Crippen LogP contribution in [0.4, 0.5) is 0 Å². The van der Waals surface area contributed by atoms with Crippen LogP contribution in [0.3, 0.4) is 0 Å². The fraction of sp³-hybridized carbons (Fsp3) is 0. The highest BCUT2D eigenvalue weighted by atomic mass is 32.1. The first kappa shape index (κ1) is 15.7. The molecule has 0 saturated carbocycles. The second-order valence-electron chi connectivity index (χ2n) is 3.73. The van der Waals surface area contributed by atoms with E-state index in [4.69, 9.17) is 10.5 Å². The van der Waals surface area contributed by atoms with Crippen LogP contribution < -0.4 is 0 Å². The molecule has 4 heteroatoms. The van der Waals surface area contributed by atoms with E-state index in [1.165, 1.54) is 32.3 Å². The number of hydrogen-bond acceptors (Lipinski definition) is 4. The SMILES string of the molecule is N#C[S-].N#C[S-].c1ccc2cc3ccccc3cc2c1. The lowest BCUT2D eigenvalue weighted by Gasteiger charge is -2.00. The van der Waals surface area contributed by atoms with Crippen molar-refractivity contribution in [1.29, 1.82) is 10.5 Å². The molecule has 2 nitrogen and oxygen atoms in total. The van der Waals surface area contributed by atoms with E-state index in [9.17, 15) is 0 Å². The van der Waals surface area contributed by atoms with Gasteiger partial charge in [-0.05, 0) is 33.7 Å². The molecule has 0 saturated heterocycles. The summed E-state index contributed by atoms with van der Waals surface area (Å²) in [5.74, 6) is 0. The van der Waals surface area contributed by atoms with Gasteiger partial charge in [-0.2, -0.15) is 0 Å². The van der Waals surface area contributed by atoms with E-state index in [-0.39, 0.29) is 0 Å². The van der Waals surface area contributed by atoms with Crippen LogP contribution in [0.15, 0.2) is 60.7 Å².